The molecule has 0 aliphatic carbocycles. The number of hydrogen-bond donors (Lipinski definition) is 1. The molecule has 0 radical (unpaired) electrons. The number of urea groups is 1. The van der Waals surface area contributed by atoms with Crippen molar-refractivity contribution < 1.29 is 4.79 Å². The van der Waals surface area contributed by atoms with Crippen LogP contribution in [0.3, 0.4) is 0 Å². The van der Waals surface area contributed by atoms with E-state index in [-0.39, 0.29) is 11.6 Å². The average Bonchev–Trinajstić information content (AvgIpc) is 2.43. The molecule has 1 N–H and O–H groups in total. The second-order valence-corrected chi connectivity index (χ2v) is 4.73. The maximum absolute atomic E-state index is 11.6. The Morgan fingerprint density at radius 3 is 2.53 bits per heavy atom. The van der Waals surface area contributed by atoms with Gasteiger partial charge >= 0.3 is 6.03 Å². The minimum absolute atomic E-state index is 0.106. The Morgan fingerprint density at radius 1 is 1.47 bits per heavy atom. The normalized spacial score (nSPS) is 19.1. The molecule has 1 fully saturated rings. The van der Waals surface area contributed by atoms with Crippen molar-refractivity contribution >= 4 is 27.6 Å². The third-order valence-electron chi connectivity index (χ3n) is 2.35. The van der Waals surface area contributed by atoms with Crippen LogP contribution >= 0.6 is 15.9 Å². The van der Waals surface area contributed by atoms with Gasteiger partial charge in [-0.2, -0.15) is 0 Å². The molecule has 0 unspecified atom stereocenters. The number of halogens is 1. The number of nitrogens with one attached hydrogen (secondary N) is 1. The Balaban J connectivity index is 2.37. The molecule has 2 amide bonds. The van der Waals surface area contributed by atoms with E-state index >= 15 is 0 Å². The molecular weight excluding hydrogens is 260 g/mol. The highest BCUT2D eigenvalue weighted by Gasteiger charge is 2.38. The minimum Gasteiger partial charge on any atom is -0.335 e. The smallest absolute Gasteiger partial charge is 0.322 e. The topological polar surface area (TPSA) is 58.1 Å². The molecule has 1 aromatic rings. The summed E-state index contributed by atoms with van der Waals surface area (Å²) < 4.78 is 0.517. The molecule has 6 heteroatoms. The molecule has 0 bridgehead atoms. The van der Waals surface area contributed by atoms with Crippen molar-refractivity contribution in [1.29, 1.82) is 0 Å². The predicted octanol–water partition coefficient (Wildman–Crippen LogP) is 1.55. The summed E-state index contributed by atoms with van der Waals surface area (Å²) in [6, 6.07) is -0.106. The monoisotopic (exact) mass is 270 g/mol. The summed E-state index contributed by atoms with van der Waals surface area (Å²) in [5.41, 5.74) is 0.465. The van der Waals surface area contributed by atoms with Gasteiger partial charge < -0.3 is 5.32 Å². The highest BCUT2D eigenvalue weighted by molar-refractivity contribution is 9.10. The van der Waals surface area contributed by atoms with Crippen LogP contribution in [0.4, 0.5) is 10.5 Å². The molecule has 2 heterocycles. The number of amides is 2. The number of carbonyl (C=O) groups excluding carboxylic acids is 1. The third-order valence-corrected chi connectivity index (χ3v) is 2.76. The lowest BCUT2D eigenvalue weighted by Gasteiger charge is -2.28. The maximum atomic E-state index is 11.6. The lowest BCUT2D eigenvalue weighted by molar-refractivity contribution is 0.251. The number of anilines is 1. The summed E-state index contributed by atoms with van der Waals surface area (Å²) in [6.07, 6.45) is 3.26. The summed E-state index contributed by atoms with van der Waals surface area (Å²) in [5.74, 6) is 0. The Labute approximate surface area is 96.0 Å². The predicted molar refractivity (Wildman–Crippen MR) is 59.7 cm³/mol. The zero-order valence-corrected chi connectivity index (χ0v) is 10.1. The van der Waals surface area contributed by atoms with E-state index < -0.39 is 0 Å². The molecule has 2 rings (SSSR count). The molecule has 80 valence electrons. The highest BCUT2D eigenvalue weighted by atomic mass is 79.9. The SMILES string of the molecule is CC1(C)CNC(=O)N1c1cnc(Br)nc1. The van der Waals surface area contributed by atoms with Crippen molar-refractivity contribution in [2.75, 3.05) is 11.4 Å². The standard InChI is InChI=1S/C9H11BrN4O/c1-9(2)5-13-8(15)14(9)6-3-11-7(10)12-4-6/h3-4H,5H2,1-2H3,(H,13,15). The van der Waals surface area contributed by atoms with Gasteiger partial charge in [-0.25, -0.2) is 14.8 Å². The Hall–Kier alpha value is -1.17. The van der Waals surface area contributed by atoms with Gasteiger partial charge in [0, 0.05) is 6.54 Å². The molecular formula is C9H11BrN4O. The molecule has 0 aromatic carbocycles. The van der Waals surface area contributed by atoms with Crippen LogP contribution in [0.15, 0.2) is 17.1 Å². The molecule has 1 aromatic heterocycles. The van der Waals surface area contributed by atoms with E-state index in [4.69, 9.17) is 0 Å². The first-order chi connectivity index (χ1) is 7.00. The fourth-order valence-electron chi connectivity index (χ4n) is 1.61. The maximum Gasteiger partial charge on any atom is 0.322 e. The lowest BCUT2D eigenvalue weighted by Crippen LogP contribution is -2.42. The molecule has 0 atom stereocenters. The van der Waals surface area contributed by atoms with Crippen molar-refractivity contribution in [2.45, 2.75) is 19.4 Å². The van der Waals surface area contributed by atoms with Crippen LogP contribution in [0.5, 0.6) is 0 Å². The van der Waals surface area contributed by atoms with Crippen molar-refractivity contribution in [3.05, 3.63) is 17.1 Å². The van der Waals surface area contributed by atoms with Crippen molar-refractivity contribution in [2.24, 2.45) is 0 Å². The number of aromatic nitrogens is 2. The van der Waals surface area contributed by atoms with Gasteiger partial charge in [-0.3, -0.25) is 4.90 Å². The summed E-state index contributed by atoms with van der Waals surface area (Å²) >= 11 is 3.16. The fourth-order valence-corrected chi connectivity index (χ4v) is 1.82. The van der Waals surface area contributed by atoms with E-state index in [2.05, 4.69) is 31.2 Å². The van der Waals surface area contributed by atoms with Crippen molar-refractivity contribution in [3.8, 4) is 0 Å². The fraction of sp³-hybridized carbons (Fsp3) is 0.444. The number of carbonyl (C=O) groups is 1. The lowest BCUT2D eigenvalue weighted by atomic mass is 10.1. The van der Waals surface area contributed by atoms with Crippen molar-refractivity contribution in [1.82, 2.24) is 15.3 Å². The van der Waals surface area contributed by atoms with E-state index in [9.17, 15) is 4.79 Å². The largest absolute Gasteiger partial charge is 0.335 e. The number of nitrogens with zero attached hydrogens (tertiary/aromatic N) is 3. The van der Waals surface area contributed by atoms with E-state index in [1.165, 1.54) is 0 Å². The first-order valence-corrected chi connectivity index (χ1v) is 5.35. The van der Waals surface area contributed by atoms with Gasteiger partial charge in [0.1, 0.15) is 0 Å². The molecule has 5 nitrogen and oxygen atoms in total. The van der Waals surface area contributed by atoms with Crippen LogP contribution < -0.4 is 10.2 Å². The molecule has 1 aliphatic rings. The highest BCUT2D eigenvalue weighted by Crippen LogP contribution is 2.26. The minimum atomic E-state index is -0.242. The summed E-state index contributed by atoms with van der Waals surface area (Å²) in [7, 11) is 0. The Kier molecular flexibility index (Phi) is 2.38. The number of hydrogen-bond acceptors (Lipinski definition) is 3. The summed E-state index contributed by atoms with van der Waals surface area (Å²) in [5, 5.41) is 2.79. The quantitative estimate of drug-likeness (QED) is 0.788. The van der Waals surface area contributed by atoms with Gasteiger partial charge in [-0.05, 0) is 29.8 Å². The van der Waals surface area contributed by atoms with Crippen LogP contribution in [-0.2, 0) is 0 Å². The van der Waals surface area contributed by atoms with Crippen LogP contribution in [-0.4, -0.2) is 28.1 Å². The van der Waals surface area contributed by atoms with Crippen LogP contribution in [0, 0.1) is 0 Å². The number of rotatable bonds is 1. The van der Waals surface area contributed by atoms with Crippen LogP contribution in [0.2, 0.25) is 0 Å². The van der Waals surface area contributed by atoms with Crippen LogP contribution in [0.25, 0.3) is 0 Å². The van der Waals surface area contributed by atoms with Gasteiger partial charge in [0.15, 0.2) is 4.73 Å². The van der Waals surface area contributed by atoms with E-state index in [1.807, 2.05) is 13.8 Å². The first-order valence-electron chi connectivity index (χ1n) is 4.56. The van der Waals surface area contributed by atoms with Crippen LogP contribution in [0.1, 0.15) is 13.8 Å². The van der Waals surface area contributed by atoms with Crippen molar-refractivity contribution in [3.63, 3.8) is 0 Å². The Morgan fingerprint density at radius 2 is 2.07 bits per heavy atom. The van der Waals surface area contributed by atoms with Gasteiger partial charge in [0.2, 0.25) is 0 Å². The van der Waals surface area contributed by atoms with Gasteiger partial charge in [-0.1, -0.05) is 0 Å². The third kappa shape index (κ3) is 1.81. The molecule has 1 saturated heterocycles. The van der Waals surface area contributed by atoms with Gasteiger partial charge in [0.25, 0.3) is 0 Å². The molecule has 1 aliphatic heterocycles. The second-order valence-electron chi connectivity index (χ2n) is 4.02. The Bertz CT molecular complexity index is 390. The van der Waals surface area contributed by atoms with E-state index in [1.54, 1.807) is 17.3 Å². The van der Waals surface area contributed by atoms with E-state index in [0.717, 1.165) is 0 Å². The van der Waals surface area contributed by atoms with E-state index in [0.29, 0.717) is 17.0 Å². The summed E-state index contributed by atoms with van der Waals surface area (Å²) in [4.78, 5) is 21.3. The zero-order chi connectivity index (χ0) is 11.1. The first kappa shape index (κ1) is 10.4. The molecule has 0 saturated carbocycles. The van der Waals surface area contributed by atoms with Gasteiger partial charge in [0.05, 0.1) is 23.6 Å². The second kappa shape index (κ2) is 3.44. The molecule has 0 spiro atoms. The summed E-state index contributed by atoms with van der Waals surface area (Å²) in [6.45, 7) is 4.61. The van der Waals surface area contributed by atoms with Gasteiger partial charge in [-0.15, -0.1) is 0 Å². The zero-order valence-electron chi connectivity index (χ0n) is 8.49. The average molecular weight is 271 g/mol. The molecule has 15 heavy (non-hydrogen) atoms.